The van der Waals surface area contributed by atoms with Crippen LogP contribution in [0.2, 0.25) is 5.02 Å². The largest absolute Gasteiger partial charge is 0.481 e. The molecule has 0 aliphatic heterocycles. The van der Waals surface area contributed by atoms with E-state index in [1.165, 1.54) is 6.08 Å². The zero-order valence-corrected chi connectivity index (χ0v) is 12.5. The van der Waals surface area contributed by atoms with Crippen molar-refractivity contribution in [2.24, 2.45) is 0 Å². The Morgan fingerprint density at radius 3 is 2.60 bits per heavy atom. The molecule has 108 valence electrons. The van der Waals surface area contributed by atoms with Gasteiger partial charge >= 0.3 is 5.97 Å². The summed E-state index contributed by atoms with van der Waals surface area (Å²) in [5, 5.41) is 12.0. The molecule has 0 saturated heterocycles. The molecule has 4 nitrogen and oxygen atoms in total. The average molecular weight is 296 g/mol. The zero-order valence-electron chi connectivity index (χ0n) is 11.7. The second-order valence-electron chi connectivity index (χ2n) is 5.29. The topological polar surface area (TPSA) is 66.4 Å². The Kier molecular flexibility index (Phi) is 5.34. The molecule has 0 atom stereocenters. The van der Waals surface area contributed by atoms with Crippen molar-refractivity contribution in [3.05, 3.63) is 40.4 Å². The molecule has 1 aromatic rings. The Morgan fingerprint density at radius 2 is 2.05 bits per heavy atom. The number of carboxylic acid groups (broad SMARTS) is 1. The van der Waals surface area contributed by atoms with E-state index < -0.39 is 11.5 Å². The fourth-order valence-electron chi connectivity index (χ4n) is 1.68. The van der Waals surface area contributed by atoms with E-state index in [1.807, 2.05) is 19.1 Å². The normalized spacial score (nSPS) is 11.6. The van der Waals surface area contributed by atoms with Crippen LogP contribution < -0.4 is 5.32 Å². The molecule has 2 N–H and O–H groups in total. The van der Waals surface area contributed by atoms with Crippen molar-refractivity contribution in [1.82, 2.24) is 5.32 Å². The molecule has 0 radical (unpaired) electrons. The highest BCUT2D eigenvalue weighted by Gasteiger charge is 2.22. The SMILES string of the molecule is Cc1ccc(C=CC(=O)NC(C)(C)CC(=O)O)cc1Cl. The van der Waals surface area contributed by atoms with Gasteiger partial charge < -0.3 is 10.4 Å². The van der Waals surface area contributed by atoms with E-state index >= 15 is 0 Å². The molecule has 1 aromatic carbocycles. The number of carbonyl (C=O) groups is 2. The van der Waals surface area contributed by atoms with E-state index in [0.717, 1.165) is 11.1 Å². The summed E-state index contributed by atoms with van der Waals surface area (Å²) in [5.41, 5.74) is 0.987. The van der Waals surface area contributed by atoms with E-state index in [0.29, 0.717) is 5.02 Å². The summed E-state index contributed by atoms with van der Waals surface area (Å²) < 4.78 is 0. The van der Waals surface area contributed by atoms with Crippen LogP contribution in [0.15, 0.2) is 24.3 Å². The number of amides is 1. The van der Waals surface area contributed by atoms with Gasteiger partial charge in [0.15, 0.2) is 0 Å². The van der Waals surface area contributed by atoms with Crippen molar-refractivity contribution in [2.45, 2.75) is 32.7 Å². The number of benzene rings is 1. The van der Waals surface area contributed by atoms with Gasteiger partial charge in [0.05, 0.1) is 6.42 Å². The molecule has 0 aliphatic carbocycles. The molecular formula is C15H18ClNO3. The fourth-order valence-corrected chi connectivity index (χ4v) is 1.87. The van der Waals surface area contributed by atoms with Gasteiger partial charge in [-0.1, -0.05) is 23.7 Å². The molecule has 20 heavy (non-hydrogen) atoms. The fraction of sp³-hybridized carbons (Fsp3) is 0.333. The Bertz CT molecular complexity index is 550. The van der Waals surface area contributed by atoms with Gasteiger partial charge in [-0.25, -0.2) is 0 Å². The van der Waals surface area contributed by atoms with Crippen molar-refractivity contribution in [2.75, 3.05) is 0 Å². The lowest BCUT2D eigenvalue weighted by Gasteiger charge is -2.23. The second kappa shape index (κ2) is 6.57. The van der Waals surface area contributed by atoms with Gasteiger partial charge in [-0.15, -0.1) is 0 Å². The molecule has 0 fully saturated rings. The first-order valence-corrected chi connectivity index (χ1v) is 6.55. The van der Waals surface area contributed by atoms with Crippen LogP contribution in [0.25, 0.3) is 6.08 Å². The second-order valence-corrected chi connectivity index (χ2v) is 5.69. The predicted octanol–water partition coefficient (Wildman–Crippen LogP) is 3.03. The van der Waals surface area contributed by atoms with Gasteiger partial charge in [0, 0.05) is 16.6 Å². The summed E-state index contributed by atoms with van der Waals surface area (Å²) in [6, 6.07) is 5.49. The lowest BCUT2D eigenvalue weighted by atomic mass is 10.0. The number of aliphatic carboxylic acids is 1. The minimum atomic E-state index is -0.954. The van der Waals surface area contributed by atoms with E-state index in [4.69, 9.17) is 16.7 Å². The molecule has 0 unspecified atom stereocenters. The van der Waals surface area contributed by atoms with Crippen LogP contribution in [0.1, 0.15) is 31.4 Å². The van der Waals surface area contributed by atoms with E-state index in [-0.39, 0.29) is 12.3 Å². The van der Waals surface area contributed by atoms with Crippen LogP contribution in [-0.4, -0.2) is 22.5 Å². The summed E-state index contributed by atoms with van der Waals surface area (Å²) in [6.07, 6.45) is 2.87. The number of nitrogens with one attached hydrogen (secondary N) is 1. The van der Waals surface area contributed by atoms with Crippen molar-refractivity contribution < 1.29 is 14.7 Å². The van der Waals surface area contributed by atoms with Crippen LogP contribution in [0.4, 0.5) is 0 Å². The van der Waals surface area contributed by atoms with Gasteiger partial charge in [-0.3, -0.25) is 9.59 Å². The smallest absolute Gasteiger partial charge is 0.305 e. The lowest BCUT2D eigenvalue weighted by Crippen LogP contribution is -2.44. The molecule has 1 amide bonds. The third-order valence-electron chi connectivity index (χ3n) is 2.68. The predicted molar refractivity (Wildman–Crippen MR) is 79.7 cm³/mol. The number of carbonyl (C=O) groups excluding carboxylic acids is 1. The monoisotopic (exact) mass is 295 g/mol. The minimum absolute atomic E-state index is 0.136. The minimum Gasteiger partial charge on any atom is -0.481 e. The average Bonchev–Trinajstić information content (AvgIpc) is 2.28. The van der Waals surface area contributed by atoms with Crippen molar-refractivity contribution >= 4 is 29.6 Å². The number of aryl methyl sites for hydroxylation is 1. The summed E-state index contributed by atoms with van der Waals surface area (Å²) >= 11 is 5.99. The highest BCUT2D eigenvalue weighted by molar-refractivity contribution is 6.31. The Labute approximate surface area is 123 Å². The number of halogens is 1. The highest BCUT2D eigenvalue weighted by Crippen LogP contribution is 2.17. The van der Waals surface area contributed by atoms with Crippen LogP contribution in [0.5, 0.6) is 0 Å². The molecule has 1 rings (SSSR count). The van der Waals surface area contributed by atoms with Crippen molar-refractivity contribution in [3.8, 4) is 0 Å². The Morgan fingerprint density at radius 1 is 1.40 bits per heavy atom. The molecule has 0 aliphatic rings. The van der Waals surface area contributed by atoms with Gasteiger partial charge in [0.2, 0.25) is 5.91 Å². The summed E-state index contributed by atoms with van der Waals surface area (Å²) in [4.78, 5) is 22.4. The number of rotatable bonds is 5. The van der Waals surface area contributed by atoms with Crippen LogP contribution >= 0.6 is 11.6 Å². The first-order valence-electron chi connectivity index (χ1n) is 6.18. The van der Waals surface area contributed by atoms with E-state index in [2.05, 4.69) is 5.32 Å². The molecule has 0 spiro atoms. The summed E-state index contributed by atoms with van der Waals surface area (Å²) in [6.45, 7) is 5.22. The first kappa shape index (κ1) is 16.2. The lowest BCUT2D eigenvalue weighted by molar-refractivity contribution is -0.138. The maximum absolute atomic E-state index is 11.7. The third-order valence-corrected chi connectivity index (χ3v) is 3.09. The Hall–Kier alpha value is -1.81. The molecule has 0 bridgehead atoms. The van der Waals surface area contributed by atoms with E-state index in [9.17, 15) is 9.59 Å². The van der Waals surface area contributed by atoms with Gasteiger partial charge in [0.1, 0.15) is 0 Å². The molecular weight excluding hydrogens is 278 g/mol. The number of hydrogen-bond acceptors (Lipinski definition) is 2. The summed E-state index contributed by atoms with van der Waals surface area (Å²) in [5.74, 6) is -1.29. The van der Waals surface area contributed by atoms with Gasteiger partial charge in [0.25, 0.3) is 0 Å². The number of carboxylic acids is 1. The highest BCUT2D eigenvalue weighted by atomic mass is 35.5. The molecule has 0 saturated carbocycles. The third kappa shape index (κ3) is 5.45. The quantitative estimate of drug-likeness (QED) is 0.821. The standard InChI is InChI=1S/C15H18ClNO3/c1-10-4-5-11(8-12(10)16)6-7-13(18)17-15(2,3)9-14(19)20/h4-8H,9H2,1-3H3,(H,17,18)(H,19,20). The molecule has 0 heterocycles. The first-order chi connectivity index (χ1) is 9.19. The van der Waals surface area contributed by atoms with Crippen LogP contribution in [-0.2, 0) is 9.59 Å². The summed E-state index contributed by atoms with van der Waals surface area (Å²) in [7, 11) is 0. The van der Waals surface area contributed by atoms with Gasteiger partial charge in [-0.2, -0.15) is 0 Å². The number of hydrogen-bond donors (Lipinski definition) is 2. The Balaban J connectivity index is 2.68. The van der Waals surface area contributed by atoms with Crippen molar-refractivity contribution in [1.29, 1.82) is 0 Å². The maximum atomic E-state index is 11.7. The van der Waals surface area contributed by atoms with Crippen molar-refractivity contribution in [3.63, 3.8) is 0 Å². The molecule has 5 heteroatoms. The molecule has 0 aromatic heterocycles. The van der Waals surface area contributed by atoms with E-state index in [1.54, 1.807) is 26.0 Å². The zero-order chi connectivity index (χ0) is 15.3. The van der Waals surface area contributed by atoms with Crippen LogP contribution in [0, 0.1) is 6.92 Å². The van der Waals surface area contributed by atoms with Gasteiger partial charge in [-0.05, 0) is 44.0 Å². The maximum Gasteiger partial charge on any atom is 0.305 e. The van der Waals surface area contributed by atoms with Crippen LogP contribution in [0.3, 0.4) is 0 Å².